The number of methoxy groups -OCH3 is 1. The third kappa shape index (κ3) is 5.47. The van der Waals surface area contributed by atoms with Crippen LogP contribution < -0.4 is 15.4 Å². The maximum absolute atomic E-state index is 5.45. The molecule has 0 radical (unpaired) electrons. The fourth-order valence-electron chi connectivity index (χ4n) is 2.72. The first kappa shape index (κ1) is 19.8. The minimum atomic E-state index is 0.451. The standard InChI is InChI=1S/C19H29N5O2/c1-5-14(6-2)17-11-16(26-24-17)13-23-19(20-7-3)22-12-15-9-8-10-21-18(15)25-4/h8-11,14H,5-7,12-13H2,1-4H3,(H2,20,22,23). The molecule has 2 aromatic rings. The number of guanidine groups is 1. The van der Waals surface area contributed by atoms with Crippen molar-refractivity contribution >= 4 is 5.96 Å². The average Bonchev–Trinajstić information content (AvgIpc) is 3.14. The molecule has 0 saturated carbocycles. The molecule has 0 bridgehead atoms. The van der Waals surface area contributed by atoms with E-state index in [0.717, 1.165) is 36.4 Å². The second-order valence-electron chi connectivity index (χ2n) is 5.95. The quantitative estimate of drug-likeness (QED) is 0.528. The largest absolute Gasteiger partial charge is 0.481 e. The summed E-state index contributed by atoms with van der Waals surface area (Å²) in [6, 6.07) is 5.86. The van der Waals surface area contributed by atoms with E-state index in [-0.39, 0.29) is 0 Å². The molecule has 142 valence electrons. The summed E-state index contributed by atoms with van der Waals surface area (Å²) in [4.78, 5) is 8.79. The molecule has 0 aliphatic heterocycles. The van der Waals surface area contributed by atoms with Crippen molar-refractivity contribution in [3.05, 3.63) is 41.4 Å². The van der Waals surface area contributed by atoms with Gasteiger partial charge in [0, 0.05) is 30.3 Å². The van der Waals surface area contributed by atoms with Gasteiger partial charge in [0.15, 0.2) is 11.7 Å². The van der Waals surface area contributed by atoms with E-state index in [9.17, 15) is 0 Å². The van der Waals surface area contributed by atoms with Crippen molar-refractivity contribution in [3.63, 3.8) is 0 Å². The molecule has 2 rings (SSSR count). The minimum absolute atomic E-state index is 0.451. The highest BCUT2D eigenvalue weighted by molar-refractivity contribution is 5.79. The summed E-state index contributed by atoms with van der Waals surface area (Å²) in [5, 5.41) is 10.7. The molecular formula is C19H29N5O2. The van der Waals surface area contributed by atoms with Gasteiger partial charge >= 0.3 is 0 Å². The molecule has 0 unspecified atom stereocenters. The molecule has 2 N–H and O–H groups in total. The Morgan fingerprint density at radius 1 is 1.27 bits per heavy atom. The van der Waals surface area contributed by atoms with Gasteiger partial charge in [-0.25, -0.2) is 9.98 Å². The number of nitrogens with one attached hydrogen (secondary N) is 2. The van der Waals surface area contributed by atoms with E-state index in [4.69, 9.17) is 9.26 Å². The zero-order chi connectivity index (χ0) is 18.8. The van der Waals surface area contributed by atoms with Gasteiger partial charge in [0.25, 0.3) is 0 Å². The van der Waals surface area contributed by atoms with Gasteiger partial charge in [-0.3, -0.25) is 0 Å². The molecule has 0 aromatic carbocycles. The second-order valence-corrected chi connectivity index (χ2v) is 5.95. The smallest absolute Gasteiger partial charge is 0.218 e. The molecule has 0 saturated heterocycles. The summed E-state index contributed by atoms with van der Waals surface area (Å²) in [5.41, 5.74) is 1.96. The zero-order valence-electron chi connectivity index (χ0n) is 16.1. The summed E-state index contributed by atoms with van der Waals surface area (Å²) in [6.07, 6.45) is 3.83. The van der Waals surface area contributed by atoms with Gasteiger partial charge in [-0.1, -0.05) is 25.1 Å². The Morgan fingerprint density at radius 2 is 2.08 bits per heavy atom. The molecular weight excluding hydrogens is 330 g/mol. The van der Waals surface area contributed by atoms with Crippen LogP contribution in [0.2, 0.25) is 0 Å². The fourth-order valence-corrected chi connectivity index (χ4v) is 2.72. The van der Waals surface area contributed by atoms with Crippen LogP contribution in [-0.4, -0.2) is 29.8 Å². The third-order valence-corrected chi connectivity index (χ3v) is 4.21. The SMILES string of the molecule is CCNC(=NCc1cccnc1OC)NCc1cc(C(CC)CC)no1. The first-order valence-electron chi connectivity index (χ1n) is 9.17. The number of nitrogens with zero attached hydrogens (tertiary/aromatic N) is 3. The highest BCUT2D eigenvalue weighted by Gasteiger charge is 2.13. The lowest BCUT2D eigenvalue weighted by atomic mass is 9.99. The highest BCUT2D eigenvalue weighted by atomic mass is 16.5. The van der Waals surface area contributed by atoms with Gasteiger partial charge in [-0.15, -0.1) is 0 Å². The van der Waals surface area contributed by atoms with E-state index in [1.807, 2.05) is 25.1 Å². The summed E-state index contributed by atoms with van der Waals surface area (Å²) >= 11 is 0. The van der Waals surface area contributed by atoms with E-state index in [0.29, 0.717) is 30.8 Å². The molecule has 26 heavy (non-hydrogen) atoms. The van der Waals surface area contributed by atoms with Gasteiger partial charge in [-0.05, 0) is 25.8 Å². The number of pyridine rings is 1. The summed E-state index contributed by atoms with van der Waals surface area (Å²) in [7, 11) is 1.61. The van der Waals surface area contributed by atoms with E-state index in [2.05, 4.69) is 39.6 Å². The number of rotatable bonds is 9. The molecule has 0 spiro atoms. The topological polar surface area (TPSA) is 84.6 Å². The molecule has 0 aliphatic carbocycles. The lowest BCUT2D eigenvalue weighted by Gasteiger charge is -2.10. The molecule has 0 fully saturated rings. The molecule has 2 heterocycles. The van der Waals surface area contributed by atoms with Crippen LogP contribution in [0.4, 0.5) is 0 Å². The normalized spacial score (nSPS) is 11.7. The first-order chi connectivity index (χ1) is 12.7. The summed E-state index contributed by atoms with van der Waals surface area (Å²) in [5.74, 6) is 2.56. The van der Waals surface area contributed by atoms with Crippen LogP contribution in [0.1, 0.15) is 56.5 Å². The molecule has 7 heteroatoms. The monoisotopic (exact) mass is 359 g/mol. The van der Waals surface area contributed by atoms with E-state index < -0.39 is 0 Å². The Kier molecular flexibility index (Phi) is 7.92. The maximum Gasteiger partial charge on any atom is 0.218 e. The van der Waals surface area contributed by atoms with Crippen molar-refractivity contribution in [1.29, 1.82) is 0 Å². The third-order valence-electron chi connectivity index (χ3n) is 4.21. The highest BCUT2D eigenvalue weighted by Crippen LogP contribution is 2.22. The van der Waals surface area contributed by atoms with Crippen LogP contribution in [0.5, 0.6) is 5.88 Å². The average molecular weight is 359 g/mol. The summed E-state index contributed by atoms with van der Waals surface area (Å²) < 4.78 is 10.7. The minimum Gasteiger partial charge on any atom is -0.481 e. The number of hydrogen-bond acceptors (Lipinski definition) is 5. The Hall–Kier alpha value is -2.57. The Labute approximate surface area is 155 Å². The van der Waals surface area contributed by atoms with Crippen LogP contribution in [0.15, 0.2) is 33.9 Å². The van der Waals surface area contributed by atoms with Crippen LogP contribution in [0, 0.1) is 0 Å². The predicted molar refractivity (Wildman–Crippen MR) is 102 cm³/mol. The molecule has 2 aromatic heterocycles. The van der Waals surface area contributed by atoms with Crippen LogP contribution in [-0.2, 0) is 13.1 Å². The van der Waals surface area contributed by atoms with E-state index in [1.165, 1.54) is 0 Å². The van der Waals surface area contributed by atoms with Gasteiger partial charge in [-0.2, -0.15) is 0 Å². The van der Waals surface area contributed by atoms with Gasteiger partial charge in [0.2, 0.25) is 5.88 Å². The predicted octanol–water partition coefficient (Wildman–Crippen LogP) is 3.24. The van der Waals surface area contributed by atoms with Gasteiger partial charge < -0.3 is 19.9 Å². The fraction of sp³-hybridized carbons (Fsp3) is 0.526. The number of ether oxygens (including phenoxy) is 1. The Balaban J connectivity index is 1.99. The van der Waals surface area contributed by atoms with E-state index >= 15 is 0 Å². The van der Waals surface area contributed by atoms with Crippen LogP contribution >= 0.6 is 0 Å². The van der Waals surface area contributed by atoms with Crippen molar-refractivity contribution in [2.45, 2.75) is 52.6 Å². The lowest BCUT2D eigenvalue weighted by molar-refractivity contribution is 0.368. The number of aromatic nitrogens is 2. The molecule has 0 amide bonds. The van der Waals surface area contributed by atoms with Gasteiger partial charge in [0.05, 0.1) is 25.9 Å². The zero-order valence-corrected chi connectivity index (χ0v) is 16.1. The second kappa shape index (κ2) is 10.4. The first-order valence-corrected chi connectivity index (χ1v) is 9.17. The molecule has 7 nitrogen and oxygen atoms in total. The van der Waals surface area contributed by atoms with Crippen LogP contribution in [0.25, 0.3) is 0 Å². The lowest BCUT2D eigenvalue weighted by Crippen LogP contribution is -2.36. The van der Waals surface area contributed by atoms with Crippen molar-refractivity contribution in [1.82, 2.24) is 20.8 Å². The van der Waals surface area contributed by atoms with Crippen LogP contribution in [0.3, 0.4) is 0 Å². The molecule has 0 aliphatic rings. The molecule has 0 atom stereocenters. The number of aliphatic imine (C=N–C) groups is 1. The Morgan fingerprint density at radius 3 is 2.77 bits per heavy atom. The summed E-state index contributed by atoms with van der Waals surface area (Å²) in [6.45, 7) is 8.14. The number of hydrogen-bond donors (Lipinski definition) is 2. The Bertz CT molecular complexity index is 695. The van der Waals surface area contributed by atoms with E-state index in [1.54, 1.807) is 13.3 Å². The maximum atomic E-state index is 5.45. The van der Waals surface area contributed by atoms with Crippen molar-refractivity contribution in [3.8, 4) is 5.88 Å². The van der Waals surface area contributed by atoms with Gasteiger partial charge in [0.1, 0.15) is 0 Å². The van der Waals surface area contributed by atoms with Crippen molar-refractivity contribution < 1.29 is 9.26 Å². The van der Waals surface area contributed by atoms with Crippen molar-refractivity contribution in [2.75, 3.05) is 13.7 Å². The van der Waals surface area contributed by atoms with Crippen molar-refractivity contribution in [2.24, 2.45) is 4.99 Å².